The van der Waals surface area contributed by atoms with Gasteiger partial charge in [0.25, 0.3) is 0 Å². The predicted octanol–water partition coefficient (Wildman–Crippen LogP) is 4.10. The van der Waals surface area contributed by atoms with Gasteiger partial charge in [-0.05, 0) is 44.1 Å². The molecule has 1 fully saturated rings. The van der Waals surface area contributed by atoms with Crippen LogP contribution in [0.3, 0.4) is 0 Å². The molecule has 0 nitrogen and oxygen atoms in total. The summed E-state index contributed by atoms with van der Waals surface area (Å²) in [5, 5.41) is 0. The van der Waals surface area contributed by atoms with E-state index >= 15 is 0 Å². The largest absolute Gasteiger partial charge is 0.0850 e. The number of benzene rings is 1. The first-order valence-electron chi connectivity index (χ1n) is 5.42. The van der Waals surface area contributed by atoms with Crippen LogP contribution in [0.2, 0.25) is 0 Å². The third-order valence-corrected chi connectivity index (χ3v) is 3.19. The third kappa shape index (κ3) is 2.06. The number of hydrogen-bond acceptors (Lipinski definition) is 0. The van der Waals surface area contributed by atoms with Gasteiger partial charge in [-0.25, -0.2) is 0 Å². The summed E-state index contributed by atoms with van der Waals surface area (Å²) in [7, 11) is 0. The van der Waals surface area contributed by atoms with Crippen molar-refractivity contribution in [3.63, 3.8) is 0 Å². The minimum atomic E-state index is 0.778. The molecule has 0 atom stereocenters. The maximum absolute atomic E-state index is 3.85. The highest BCUT2D eigenvalue weighted by atomic mass is 14.2. The monoisotopic (exact) mass is 185 g/mol. The molecular weight excluding hydrogens is 168 g/mol. The van der Waals surface area contributed by atoms with Gasteiger partial charge in [0, 0.05) is 0 Å². The van der Waals surface area contributed by atoms with Gasteiger partial charge in [-0.2, -0.15) is 0 Å². The van der Waals surface area contributed by atoms with E-state index in [0.29, 0.717) is 0 Å². The van der Waals surface area contributed by atoms with Crippen molar-refractivity contribution < 1.29 is 0 Å². The molecule has 1 aromatic rings. The summed E-state index contributed by atoms with van der Waals surface area (Å²) >= 11 is 0. The van der Waals surface area contributed by atoms with E-state index in [1.165, 1.54) is 36.8 Å². The van der Waals surface area contributed by atoms with Gasteiger partial charge in [-0.1, -0.05) is 42.0 Å². The number of rotatable bonds is 1. The van der Waals surface area contributed by atoms with Crippen molar-refractivity contribution in [1.82, 2.24) is 0 Å². The Balaban J connectivity index is 2.03. The van der Waals surface area contributed by atoms with E-state index in [4.69, 9.17) is 0 Å². The standard InChI is InChI=1S/C14H17/c1-2-12-8-10-14(11-9-12)13-6-4-3-5-7-13/h2-7,14H,1,8-11H2. The van der Waals surface area contributed by atoms with Gasteiger partial charge in [-0.3, -0.25) is 0 Å². The zero-order chi connectivity index (χ0) is 9.80. The normalized spacial score (nSPS) is 22.1. The van der Waals surface area contributed by atoms with Crippen LogP contribution in [0, 0.1) is 6.92 Å². The van der Waals surface area contributed by atoms with Crippen molar-refractivity contribution in [3.8, 4) is 0 Å². The Kier molecular flexibility index (Phi) is 3.03. The summed E-state index contributed by atoms with van der Waals surface area (Å²) in [5.41, 5.74) is 3.05. The molecule has 0 heteroatoms. The van der Waals surface area contributed by atoms with E-state index in [1.54, 1.807) is 0 Å². The molecule has 1 aliphatic rings. The highest BCUT2D eigenvalue weighted by molar-refractivity contribution is 5.22. The Morgan fingerprint density at radius 3 is 2.29 bits per heavy atom. The lowest BCUT2D eigenvalue weighted by Gasteiger charge is -2.24. The number of allylic oxidation sites excluding steroid dienone is 2. The van der Waals surface area contributed by atoms with Crippen LogP contribution in [0.5, 0.6) is 0 Å². The van der Waals surface area contributed by atoms with Gasteiger partial charge in [0.05, 0.1) is 0 Å². The lowest BCUT2D eigenvalue weighted by Crippen LogP contribution is -2.06. The van der Waals surface area contributed by atoms with Crippen molar-refractivity contribution in [3.05, 3.63) is 54.5 Å². The minimum absolute atomic E-state index is 0.778. The van der Waals surface area contributed by atoms with Crippen molar-refractivity contribution in [2.45, 2.75) is 31.6 Å². The maximum atomic E-state index is 3.85. The van der Waals surface area contributed by atoms with Crippen LogP contribution in [-0.2, 0) is 0 Å². The summed E-state index contributed by atoms with van der Waals surface area (Å²) < 4.78 is 0. The molecule has 14 heavy (non-hydrogen) atoms. The molecule has 1 radical (unpaired) electrons. The quantitative estimate of drug-likeness (QED) is 0.617. The second-order valence-corrected chi connectivity index (χ2v) is 4.05. The van der Waals surface area contributed by atoms with Crippen molar-refractivity contribution in [2.75, 3.05) is 0 Å². The van der Waals surface area contributed by atoms with Gasteiger partial charge in [0.15, 0.2) is 0 Å². The van der Waals surface area contributed by atoms with Gasteiger partial charge in [0.2, 0.25) is 0 Å². The first-order chi connectivity index (χ1) is 6.90. The SMILES string of the molecule is [CH2]C=C1CCC(c2ccccc2)CC1. The Morgan fingerprint density at radius 1 is 1.07 bits per heavy atom. The molecule has 1 aliphatic carbocycles. The Morgan fingerprint density at radius 2 is 1.71 bits per heavy atom. The highest BCUT2D eigenvalue weighted by Crippen LogP contribution is 2.34. The van der Waals surface area contributed by atoms with Gasteiger partial charge in [-0.15, -0.1) is 0 Å². The van der Waals surface area contributed by atoms with Crippen LogP contribution < -0.4 is 0 Å². The molecular formula is C14H17. The van der Waals surface area contributed by atoms with E-state index in [9.17, 15) is 0 Å². The molecule has 1 aromatic carbocycles. The molecule has 0 aliphatic heterocycles. The second-order valence-electron chi connectivity index (χ2n) is 4.05. The summed E-state index contributed by atoms with van der Waals surface area (Å²) in [4.78, 5) is 0. The zero-order valence-corrected chi connectivity index (χ0v) is 8.58. The van der Waals surface area contributed by atoms with Gasteiger partial charge in [0.1, 0.15) is 0 Å². The molecule has 2 rings (SSSR count). The van der Waals surface area contributed by atoms with Crippen LogP contribution in [0.25, 0.3) is 0 Å². The van der Waals surface area contributed by atoms with Crippen LogP contribution in [0.1, 0.15) is 37.2 Å². The summed E-state index contributed by atoms with van der Waals surface area (Å²) in [5.74, 6) is 0.778. The molecule has 1 saturated carbocycles. The lowest BCUT2D eigenvalue weighted by atomic mass is 9.82. The Bertz CT molecular complexity index is 298. The van der Waals surface area contributed by atoms with Crippen LogP contribution in [0.4, 0.5) is 0 Å². The van der Waals surface area contributed by atoms with Crippen LogP contribution in [-0.4, -0.2) is 0 Å². The van der Waals surface area contributed by atoms with Crippen molar-refractivity contribution in [1.29, 1.82) is 0 Å². The first-order valence-corrected chi connectivity index (χ1v) is 5.42. The maximum Gasteiger partial charge on any atom is -0.0156 e. The molecule has 0 heterocycles. The van der Waals surface area contributed by atoms with Gasteiger partial charge >= 0.3 is 0 Å². The van der Waals surface area contributed by atoms with Crippen LogP contribution >= 0.6 is 0 Å². The fourth-order valence-corrected chi connectivity index (χ4v) is 2.25. The molecule has 0 N–H and O–H groups in total. The van der Waals surface area contributed by atoms with Crippen molar-refractivity contribution in [2.24, 2.45) is 0 Å². The topological polar surface area (TPSA) is 0 Å². The van der Waals surface area contributed by atoms with Crippen LogP contribution in [0.15, 0.2) is 42.0 Å². The molecule has 0 aromatic heterocycles. The molecule has 73 valence electrons. The average molecular weight is 185 g/mol. The lowest BCUT2D eigenvalue weighted by molar-refractivity contribution is 0.517. The van der Waals surface area contributed by atoms with Crippen molar-refractivity contribution >= 4 is 0 Å². The summed E-state index contributed by atoms with van der Waals surface area (Å²) in [6.07, 6.45) is 7.12. The Labute approximate surface area is 86.7 Å². The zero-order valence-electron chi connectivity index (χ0n) is 8.58. The molecule has 0 saturated heterocycles. The van der Waals surface area contributed by atoms with Gasteiger partial charge < -0.3 is 0 Å². The molecule has 0 spiro atoms. The Hall–Kier alpha value is -1.04. The van der Waals surface area contributed by atoms with E-state index in [1.807, 2.05) is 6.08 Å². The number of hydrogen-bond donors (Lipinski definition) is 0. The fourth-order valence-electron chi connectivity index (χ4n) is 2.25. The average Bonchev–Trinajstić information content (AvgIpc) is 2.30. The van der Waals surface area contributed by atoms with E-state index < -0.39 is 0 Å². The molecule has 0 amide bonds. The molecule has 0 bridgehead atoms. The highest BCUT2D eigenvalue weighted by Gasteiger charge is 2.16. The fraction of sp³-hybridized carbons (Fsp3) is 0.357. The minimum Gasteiger partial charge on any atom is -0.0850 e. The predicted molar refractivity (Wildman–Crippen MR) is 61.1 cm³/mol. The summed E-state index contributed by atoms with van der Waals surface area (Å²) in [6, 6.07) is 10.9. The molecule has 0 unspecified atom stereocenters. The van der Waals surface area contributed by atoms with E-state index in [-0.39, 0.29) is 0 Å². The second kappa shape index (κ2) is 4.45. The third-order valence-electron chi connectivity index (χ3n) is 3.19. The van der Waals surface area contributed by atoms with E-state index in [0.717, 1.165) is 5.92 Å². The smallest absolute Gasteiger partial charge is 0.0156 e. The van der Waals surface area contributed by atoms with E-state index in [2.05, 4.69) is 37.3 Å². The summed E-state index contributed by atoms with van der Waals surface area (Å²) in [6.45, 7) is 3.85. The first kappa shape index (κ1) is 9.51.